The third-order valence-electron chi connectivity index (χ3n) is 2.06. The van der Waals surface area contributed by atoms with Gasteiger partial charge in [-0.05, 0) is 18.9 Å². The fourth-order valence-corrected chi connectivity index (χ4v) is 1.27. The zero-order valence-corrected chi connectivity index (χ0v) is 8.23. The van der Waals surface area contributed by atoms with Gasteiger partial charge in [-0.1, -0.05) is 35.9 Å². The second-order valence-corrected chi connectivity index (χ2v) is 3.17. The monoisotopic (exact) mass is 187 g/mol. The van der Waals surface area contributed by atoms with Crippen molar-refractivity contribution in [1.82, 2.24) is 0 Å². The molecule has 1 rings (SSSR count). The van der Waals surface area contributed by atoms with Crippen LogP contribution in [-0.4, -0.2) is 6.08 Å². The molecule has 1 atom stereocenters. The summed E-state index contributed by atoms with van der Waals surface area (Å²) in [5, 5.41) is 0. The zero-order valence-electron chi connectivity index (χ0n) is 8.23. The van der Waals surface area contributed by atoms with E-state index in [1.54, 1.807) is 12.2 Å². The van der Waals surface area contributed by atoms with Crippen LogP contribution in [0.4, 0.5) is 0 Å². The molecule has 0 saturated heterocycles. The molecule has 0 aliphatic heterocycles. The third kappa shape index (κ3) is 2.68. The van der Waals surface area contributed by atoms with Crippen LogP contribution in [0, 0.1) is 6.92 Å². The van der Waals surface area contributed by atoms with E-state index < -0.39 is 0 Å². The maximum absolute atomic E-state index is 10.2. The molecule has 0 bridgehead atoms. The van der Waals surface area contributed by atoms with E-state index in [4.69, 9.17) is 0 Å². The average Bonchev–Trinajstić information content (AvgIpc) is 2.19. The predicted octanol–water partition coefficient (Wildman–Crippen LogP) is 2.95. The molecule has 2 nitrogen and oxygen atoms in total. The summed E-state index contributed by atoms with van der Waals surface area (Å²) in [5.74, 6) is 0. The molecular weight excluding hydrogens is 174 g/mol. The van der Waals surface area contributed by atoms with Crippen molar-refractivity contribution in [2.75, 3.05) is 0 Å². The lowest BCUT2D eigenvalue weighted by atomic mass is 10.0. The first-order valence-electron chi connectivity index (χ1n) is 4.52. The summed E-state index contributed by atoms with van der Waals surface area (Å²) in [6.07, 6.45) is 4.01. The Hall–Kier alpha value is -1.66. The summed E-state index contributed by atoms with van der Waals surface area (Å²) < 4.78 is 0. The van der Waals surface area contributed by atoms with Crippen molar-refractivity contribution in [3.8, 4) is 0 Å². The Balaban J connectivity index is 2.92. The molecule has 14 heavy (non-hydrogen) atoms. The Morgan fingerprint density at radius 3 is 2.64 bits per heavy atom. The molecule has 72 valence electrons. The van der Waals surface area contributed by atoms with Crippen LogP contribution in [-0.2, 0) is 4.79 Å². The highest BCUT2D eigenvalue weighted by Gasteiger charge is 2.06. The molecule has 0 saturated carbocycles. The fraction of sp³-hybridized carbons (Fsp3) is 0.250. The average molecular weight is 187 g/mol. The van der Waals surface area contributed by atoms with Crippen LogP contribution >= 0.6 is 0 Å². The predicted molar refractivity (Wildman–Crippen MR) is 56.9 cm³/mol. The summed E-state index contributed by atoms with van der Waals surface area (Å²) in [6, 6.07) is 7.83. The summed E-state index contributed by atoms with van der Waals surface area (Å²) in [4.78, 5) is 13.9. The van der Waals surface area contributed by atoms with Gasteiger partial charge in [-0.25, -0.2) is 4.79 Å². The summed E-state index contributed by atoms with van der Waals surface area (Å²) in [6.45, 7) is 5.66. The Labute approximate surface area is 84.0 Å². The van der Waals surface area contributed by atoms with Crippen molar-refractivity contribution in [1.29, 1.82) is 0 Å². The largest absolute Gasteiger partial charge is 0.235 e. The fourth-order valence-electron chi connectivity index (χ4n) is 1.27. The van der Waals surface area contributed by atoms with Gasteiger partial charge in [0.1, 0.15) is 0 Å². The maximum atomic E-state index is 10.2. The van der Waals surface area contributed by atoms with Gasteiger partial charge in [0.15, 0.2) is 0 Å². The van der Waals surface area contributed by atoms with Gasteiger partial charge >= 0.3 is 0 Å². The Morgan fingerprint density at radius 1 is 1.50 bits per heavy atom. The molecule has 0 fully saturated rings. The quantitative estimate of drug-likeness (QED) is 0.405. The summed E-state index contributed by atoms with van der Waals surface area (Å²) in [7, 11) is 0. The molecule has 0 radical (unpaired) electrons. The van der Waals surface area contributed by atoms with Crippen LogP contribution in [0.15, 0.2) is 41.9 Å². The van der Waals surface area contributed by atoms with E-state index in [0.717, 1.165) is 5.56 Å². The Morgan fingerprint density at radius 2 is 2.14 bits per heavy atom. The van der Waals surface area contributed by atoms with Gasteiger partial charge in [0.05, 0.1) is 6.04 Å². The van der Waals surface area contributed by atoms with E-state index in [1.165, 1.54) is 5.56 Å². The van der Waals surface area contributed by atoms with Gasteiger partial charge in [-0.15, -0.1) is 6.58 Å². The smallest absolute Gasteiger partial charge is 0.211 e. The van der Waals surface area contributed by atoms with Crippen molar-refractivity contribution in [3.05, 3.63) is 48.0 Å². The number of benzene rings is 1. The summed E-state index contributed by atoms with van der Waals surface area (Å²) >= 11 is 0. The molecule has 0 N–H and O–H groups in total. The molecule has 1 aromatic rings. The molecule has 0 amide bonds. The number of isocyanates is 1. The van der Waals surface area contributed by atoms with Crippen molar-refractivity contribution in [3.63, 3.8) is 0 Å². The van der Waals surface area contributed by atoms with Crippen LogP contribution in [0.5, 0.6) is 0 Å². The van der Waals surface area contributed by atoms with Gasteiger partial charge in [-0.2, -0.15) is 4.99 Å². The number of carbonyl (C=O) groups excluding carboxylic acids is 1. The molecule has 0 heterocycles. The van der Waals surface area contributed by atoms with Gasteiger partial charge in [0, 0.05) is 0 Å². The van der Waals surface area contributed by atoms with Crippen LogP contribution in [0.3, 0.4) is 0 Å². The normalized spacial score (nSPS) is 11.5. The highest BCUT2D eigenvalue weighted by Crippen LogP contribution is 2.21. The maximum Gasteiger partial charge on any atom is 0.235 e. The first-order chi connectivity index (χ1) is 6.77. The van der Waals surface area contributed by atoms with Gasteiger partial charge in [0.25, 0.3) is 0 Å². The third-order valence-corrected chi connectivity index (χ3v) is 2.06. The molecule has 0 spiro atoms. The number of hydrogen-bond acceptors (Lipinski definition) is 2. The first kappa shape index (κ1) is 10.4. The van der Waals surface area contributed by atoms with E-state index in [0.29, 0.717) is 6.42 Å². The van der Waals surface area contributed by atoms with Gasteiger partial charge < -0.3 is 0 Å². The minimum absolute atomic E-state index is 0.134. The van der Waals surface area contributed by atoms with Crippen LogP contribution in [0.2, 0.25) is 0 Å². The standard InChI is InChI=1S/C12H13NO/c1-3-4-12(13-9-14)11-7-5-10(2)6-8-11/h3,5-8,12H,1,4H2,2H3/t12-/m1/s1. The van der Waals surface area contributed by atoms with Crippen molar-refractivity contribution >= 4 is 6.08 Å². The van der Waals surface area contributed by atoms with Crippen LogP contribution < -0.4 is 0 Å². The zero-order chi connectivity index (χ0) is 10.4. The number of hydrogen-bond donors (Lipinski definition) is 0. The van der Waals surface area contributed by atoms with Gasteiger partial charge in [0.2, 0.25) is 6.08 Å². The molecule has 0 aliphatic rings. The Kier molecular flexibility index (Phi) is 3.84. The van der Waals surface area contributed by atoms with Crippen molar-refractivity contribution in [2.24, 2.45) is 4.99 Å². The van der Waals surface area contributed by atoms with E-state index in [-0.39, 0.29) is 6.04 Å². The minimum atomic E-state index is -0.134. The number of rotatable bonds is 4. The lowest BCUT2D eigenvalue weighted by Gasteiger charge is -2.08. The van der Waals surface area contributed by atoms with Crippen molar-refractivity contribution < 1.29 is 4.79 Å². The van der Waals surface area contributed by atoms with Crippen molar-refractivity contribution in [2.45, 2.75) is 19.4 Å². The van der Waals surface area contributed by atoms with E-state index in [9.17, 15) is 4.79 Å². The highest BCUT2D eigenvalue weighted by molar-refractivity contribution is 5.36. The topological polar surface area (TPSA) is 29.4 Å². The summed E-state index contributed by atoms with van der Waals surface area (Å²) in [5.41, 5.74) is 2.22. The Bertz CT molecular complexity index is 347. The number of aryl methyl sites for hydroxylation is 1. The molecule has 0 unspecified atom stereocenters. The molecule has 0 aromatic heterocycles. The number of aliphatic imine (C=N–C) groups is 1. The van der Waals surface area contributed by atoms with Crippen LogP contribution in [0.25, 0.3) is 0 Å². The van der Waals surface area contributed by atoms with E-state index in [2.05, 4.69) is 11.6 Å². The molecule has 2 heteroatoms. The van der Waals surface area contributed by atoms with Crippen LogP contribution in [0.1, 0.15) is 23.6 Å². The molecule has 1 aromatic carbocycles. The highest BCUT2D eigenvalue weighted by atomic mass is 16.1. The second kappa shape index (κ2) is 5.15. The lowest BCUT2D eigenvalue weighted by Crippen LogP contribution is -1.93. The van der Waals surface area contributed by atoms with E-state index >= 15 is 0 Å². The minimum Gasteiger partial charge on any atom is -0.211 e. The molecule has 0 aliphatic carbocycles. The number of nitrogens with zero attached hydrogens (tertiary/aromatic N) is 1. The molecular formula is C12H13NO. The van der Waals surface area contributed by atoms with Gasteiger partial charge in [-0.3, -0.25) is 0 Å². The first-order valence-corrected chi connectivity index (χ1v) is 4.52. The second-order valence-electron chi connectivity index (χ2n) is 3.17. The van der Waals surface area contributed by atoms with E-state index in [1.807, 2.05) is 31.2 Å². The lowest BCUT2D eigenvalue weighted by molar-refractivity contribution is 0.557. The SMILES string of the molecule is C=CC[C@@H](N=C=O)c1ccc(C)cc1.